The predicted octanol–water partition coefficient (Wildman–Crippen LogP) is 7.34. The van der Waals surface area contributed by atoms with Crippen molar-refractivity contribution in [3.05, 3.63) is 41.5 Å². The molecule has 5 rings (SSSR count). The molecule has 0 saturated carbocycles. The number of alkyl halides is 4. The normalized spacial score (nSPS) is 17.7. The highest BCUT2D eigenvalue weighted by molar-refractivity contribution is 9.52. The smallest absolute Gasteiger partial charge is 0.189 e. The minimum absolute atomic E-state index is 0.250. The minimum atomic E-state index is -0.250. The van der Waals surface area contributed by atoms with Gasteiger partial charge in [0.2, 0.25) is 0 Å². The molecule has 0 unspecified atom stereocenters. The summed E-state index contributed by atoms with van der Waals surface area (Å²) in [5.41, 5.74) is 2.46. The van der Waals surface area contributed by atoms with E-state index in [1.165, 1.54) is 29.4 Å². The highest BCUT2D eigenvalue weighted by atomic mass is 80.0. The number of hydrogen-bond acceptors (Lipinski definition) is 6. The highest BCUT2D eigenvalue weighted by Gasteiger charge is 2.25. The Bertz CT molecular complexity index is 1060. The molecule has 0 bridgehead atoms. The van der Waals surface area contributed by atoms with Crippen LogP contribution in [0.15, 0.2) is 35.7 Å². The number of piperidine rings is 1. The third-order valence-electron chi connectivity index (χ3n) is 6.28. The average molecular weight is 740 g/mol. The lowest BCUT2D eigenvalue weighted by Gasteiger charge is -2.32. The van der Waals surface area contributed by atoms with Gasteiger partial charge in [0, 0.05) is 30.6 Å². The van der Waals surface area contributed by atoms with Crippen LogP contribution < -0.4 is 4.90 Å². The molecule has 4 heterocycles. The fourth-order valence-corrected chi connectivity index (χ4v) is 5.52. The molecule has 3 aromatic rings. The summed E-state index contributed by atoms with van der Waals surface area (Å²) in [6.45, 7) is 5.33. The maximum absolute atomic E-state index is 9.53. The SMILES string of the molecule is BrC(Br)(Br)Br.OCC1CCN(c2nc(CN3CCCC3)nc3scc(-c4ccccc4)c23)CC1. The van der Waals surface area contributed by atoms with E-state index in [2.05, 4.69) is 109 Å². The van der Waals surface area contributed by atoms with Gasteiger partial charge in [-0.15, -0.1) is 11.3 Å². The van der Waals surface area contributed by atoms with Crippen LogP contribution in [0.1, 0.15) is 31.5 Å². The highest BCUT2D eigenvalue weighted by Crippen LogP contribution is 2.40. The Morgan fingerprint density at radius 2 is 1.62 bits per heavy atom. The molecular weight excluding hydrogens is 712 g/mol. The van der Waals surface area contributed by atoms with Gasteiger partial charge in [-0.3, -0.25) is 4.90 Å². The van der Waals surface area contributed by atoms with Gasteiger partial charge in [-0.1, -0.05) is 30.3 Å². The summed E-state index contributed by atoms with van der Waals surface area (Å²) in [5, 5.41) is 13.0. The molecule has 2 aliphatic rings. The number of aromatic nitrogens is 2. The van der Waals surface area contributed by atoms with Gasteiger partial charge in [0.1, 0.15) is 16.5 Å². The summed E-state index contributed by atoms with van der Waals surface area (Å²) < 4.78 is -0.250. The molecule has 0 aliphatic carbocycles. The van der Waals surface area contributed by atoms with Crippen molar-refractivity contribution in [3.63, 3.8) is 0 Å². The molecule has 2 fully saturated rings. The zero-order valence-electron chi connectivity index (χ0n) is 18.8. The van der Waals surface area contributed by atoms with Crippen molar-refractivity contribution >= 4 is 91.1 Å². The maximum atomic E-state index is 9.53. The maximum Gasteiger partial charge on any atom is 0.189 e. The first-order valence-corrected chi connectivity index (χ1v) is 15.5. The van der Waals surface area contributed by atoms with E-state index in [1.807, 2.05) is 0 Å². The van der Waals surface area contributed by atoms with E-state index in [4.69, 9.17) is 9.97 Å². The van der Waals surface area contributed by atoms with E-state index < -0.39 is 0 Å². The molecule has 0 spiro atoms. The third kappa shape index (κ3) is 7.46. The Balaban J connectivity index is 0.000000499. The number of halogens is 4. The van der Waals surface area contributed by atoms with Crippen molar-refractivity contribution < 1.29 is 5.11 Å². The average Bonchev–Trinajstić information content (AvgIpc) is 3.48. The fraction of sp³-hybridized carbons (Fsp3) is 0.500. The van der Waals surface area contributed by atoms with Gasteiger partial charge >= 0.3 is 0 Å². The van der Waals surface area contributed by atoms with Crippen LogP contribution in [0.3, 0.4) is 0 Å². The second-order valence-electron chi connectivity index (χ2n) is 8.68. The lowest BCUT2D eigenvalue weighted by Crippen LogP contribution is -2.35. The van der Waals surface area contributed by atoms with Gasteiger partial charge < -0.3 is 10.0 Å². The van der Waals surface area contributed by atoms with Crippen molar-refractivity contribution in [2.75, 3.05) is 37.7 Å². The number of rotatable bonds is 5. The van der Waals surface area contributed by atoms with Crippen LogP contribution in [0.25, 0.3) is 21.3 Å². The van der Waals surface area contributed by atoms with Crippen LogP contribution in [-0.4, -0.2) is 53.8 Å². The van der Waals surface area contributed by atoms with E-state index in [-0.39, 0.29) is 1.05 Å². The molecule has 2 saturated heterocycles. The van der Waals surface area contributed by atoms with Gasteiger partial charge in [-0.25, -0.2) is 9.97 Å². The largest absolute Gasteiger partial charge is 0.396 e. The Kier molecular flexibility index (Phi) is 9.85. The van der Waals surface area contributed by atoms with Crippen molar-refractivity contribution in [3.8, 4) is 11.1 Å². The molecular formula is C24H28Br4N4OS. The zero-order valence-corrected chi connectivity index (χ0v) is 25.9. The second kappa shape index (κ2) is 12.4. The van der Waals surface area contributed by atoms with Crippen LogP contribution >= 0.6 is 75.1 Å². The molecule has 184 valence electrons. The molecule has 2 aromatic heterocycles. The Morgan fingerprint density at radius 3 is 2.24 bits per heavy atom. The van der Waals surface area contributed by atoms with E-state index in [1.54, 1.807) is 11.3 Å². The van der Waals surface area contributed by atoms with Crippen LogP contribution in [0, 0.1) is 5.92 Å². The van der Waals surface area contributed by atoms with Gasteiger partial charge in [0.05, 0.1) is 11.9 Å². The molecule has 34 heavy (non-hydrogen) atoms. The van der Waals surface area contributed by atoms with Gasteiger partial charge in [-0.2, -0.15) is 0 Å². The summed E-state index contributed by atoms with van der Waals surface area (Å²) >= 11 is 14.2. The Labute approximate surface area is 238 Å². The van der Waals surface area contributed by atoms with Crippen molar-refractivity contribution in [1.82, 2.24) is 14.9 Å². The number of anilines is 1. The van der Waals surface area contributed by atoms with Gasteiger partial charge in [0.15, 0.2) is 1.05 Å². The van der Waals surface area contributed by atoms with E-state index in [0.717, 1.165) is 62.0 Å². The summed E-state index contributed by atoms with van der Waals surface area (Å²) in [4.78, 5) is 16.1. The topological polar surface area (TPSA) is 52.5 Å². The first-order chi connectivity index (χ1) is 16.3. The first-order valence-electron chi connectivity index (χ1n) is 11.5. The first kappa shape index (κ1) is 26.9. The molecule has 0 atom stereocenters. The van der Waals surface area contributed by atoms with E-state index in [0.29, 0.717) is 12.5 Å². The lowest BCUT2D eigenvalue weighted by molar-refractivity contribution is 0.203. The molecule has 0 amide bonds. The quantitative estimate of drug-likeness (QED) is 0.278. The number of benzene rings is 1. The van der Waals surface area contributed by atoms with Gasteiger partial charge in [-0.05, 0) is 114 Å². The van der Waals surface area contributed by atoms with Crippen LogP contribution in [0.5, 0.6) is 0 Å². The van der Waals surface area contributed by atoms with Crippen LogP contribution in [0.2, 0.25) is 0 Å². The van der Waals surface area contributed by atoms with E-state index in [9.17, 15) is 5.11 Å². The van der Waals surface area contributed by atoms with Crippen molar-refractivity contribution in [2.45, 2.75) is 33.3 Å². The lowest BCUT2D eigenvalue weighted by atomic mass is 9.97. The molecule has 1 N–H and O–H groups in total. The predicted molar refractivity (Wildman–Crippen MR) is 158 cm³/mol. The molecule has 0 radical (unpaired) electrons. The monoisotopic (exact) mass is 736 g/mol. The Morgan fingerprint density at radius 1 is 0.971 bits per heavy atom. The number of nitrogens with zero attached hydrogens (tertiary/aromatic N) is 4. The summed E-state index contributed by atoms with van der Waals surface area (Å²) in [5.74, 6) is 2.45. The number of hydrogen-bond donors (Lipinski definition) is 1. The van der Waals surface area contributed by atoms with Crippen LogP contribution in [-0.2, 0) is 6.54 Å². The molecule has 2 aliphatic heterocycles. The third-order valence-corrected chi connectivity index (χ3v) is 7.15. The summed E-state index contributed by atoms with van der Waals surface area (Å²) in [6.07, 6.45) is 4.60. The number of aliphatic hydroxyl groups is 1. The number of fused-ring (bicyclic) bond motifs is 1. The number of likely N-dealkylation sites (tertiary alicyclic amines) is 1. The summed E-state index contributed by atoms with van der Waals surface area (Å²) in [6, 6.07) is 10.6. The number of thiophene rings is 1. The van der Waals surface area contributed by atoms with Gasteiger partial charge in [0.25, 0.3) is 0 Å². The van der Waals surface area contributed by atoms with Crippen molar-refractivity contribution in [2.24, 2.45) is 5.92 Å². The standard InChI is InChI=1S/C23H28N4OS.CBr4/c28-15-17-8-12-27(13-9-17)22-21-19(18-6-2-1-3-7-18)16-29-23(21)25-20(24-22)14-26-10-4-5-11-26;2-1(3,4)5/h1-3,6-7,16-17,28H,4-5,8-15H2;. The molecule has 5 nitrogen and oxygen atoms in total. The Hall–Kier alpha value is -0.100. The fourth-order valence-electron chi connectivity index (χ4n) is 4.56. The second-order valence-corrected chi connectivity index (χ2v) is 20.7. The van der Waals surface area contributed by atoms with Crippen molar-refractivity contribution in [1.29, 1.82) is 0 Å². The summed E-state index contributed by atoms with van der Waals surface area (Å²) in [7, 11) is 0. The zero-order chi connectivity index (χ0) is 24.1. The van der Waals surface area contributed by atoms with E-state index >= 15 is 0 Å². The molecule has 10 heteroatoms. The number of aliphatic hydroxyl groups excluding tert-OH is 1. The molecule has 1 aromatic carbocycles. The minimum Gasteiger partial charge on any atom is -0.396 e. The van der Waals surface area contributed by atoms with Crippen LogP contribution in [0.4, 0.5) is 5.82 Å².